The fourth-order valence-electron chi connectivity index (χ4n) is 2.23. The number of carbonyl (C=O) groups is 3. The first-order chi connectivity index (χ1) is 9.82. The highest BCUT2D eigenvalue weighted by Gasteiger charge is 2.48. The van der Waals surface area contributed by atoms with Crippen molar-refractivity contribution in [3.8, 4) is 0 Å². The Balaban J connectivity index is 2.99. The van der Waals surface area contributed by atoms with E-state index in [1.54, 1.807) is 41.5 Å². The maximum atomic E-state index is 12.3. The number of esters is 1. The molecule has 1 amide bonds. The Kier molecular flexibility index (Phi) is 5.10. The molecule has 1 N–H and O–H groups in total. The normalized spacial score (nSPS) is 22.4. The van der Waals surface area contributed by atoms with E-state index in [4.69, 9.17) is 9.47 Å². The zero-order chi connectivity index (χ0) is 17.3. The van der Waals surface area contributed by atoms with Crippen molar-refractivity contribution < 1.29 is 29.0 Å². The second kappa shape index (κ2) is 6.14. The molecule has 0 aromatic heterocycles. The van der Waals surface area contributed by atoms with Crippen LogP contribution >= 0.6 is 0 Å². The van der Waals surface area contributed by atoms with Gasteiger partial charge in [-0.25, -0.2) is 9.59 Å². The number of ether oxygens (including phenoxy) is 2. The highest BCUT2D eigenvalue weighted by molar-refractivity contribution is 5.88. The minimum absolute atomic E-state index is 0.149. The number of rotatable bonds is 2. The van der Waals surface area contributed by atoms with Gasteiger partial charge in [0.05, 0.1) is 5.92 Å². The van der Waals surface area contributed by atoms with Gasteiger partial charge in [0, 0.05) is 6.54 Å². The minimum atomic E-state index is -1.16. The van der Waals surface area contributed by atoms with E-state index in [0.717, 1.165) is 4.90 Å². The van der Waals surface area contributed by atoms with Crippen LogP contribution < -0.4 is 0 Å². The van der Waals surface area contributed by atoms with Gasteiger partial charge in [0.2, 0.25) is 0 Å². The Hall–Kier alpha value is -1.79. The highest BCUT2D eigenvalue weighted by Crippen LogP contribution is 2.29. The predicted molar refractivity (Wildman–Crippen MR) is 78.3 cm³/mol. The van der Waals surface area contributed by atoms with Crippen LogP contribution in [0.15, 0.2) is 0 Å². The fraction of sp³-hybridized carbons (Fsp3) is 0.800. The molecule has 1 saturated heterocycles. The zero-order valence-electron chi connectivity index (χ0n) is 14.0. The van der Waals surface area contributed by atoms with Crippen molar-refractivity contribution in [1.82, 2.24) is 4.90 Å². The lowest BCUT2D eigenvalue weighted by Gasteiger charge is -2.30. The molecule has 0 radical (unpaired) electrons. The van der Waals surface area contributed by atoms with Gasteiger partial charge in [-0.05, 0) is 48.0 Å². The van der Waals surface area contributed by atoms with Crippen LogP contribution in [0.3, 0.4) is 0 Å². The summed E-state index contributed by atoms with van der Waals surface area (Å²) in [7, 11) is 0. The van der Waals surface area contributed by atoms with Gasteiger partial charge in [0.25, 0.3) is 0 Å². The number of aliphatic carboxylic acids is 1. The lowest BCUT2D eigenvalue weighted by atomic mass is 10.0. The highest BCUT2D eigenvalue weighted by atomic mass is 16.6. The Morgan fingerprint density at radius 1 is 1.00 bits per heavy atom. The van der Waals surface area contributed by atoms with E-state index in [1.165, 1.54) is 0 Å². The molecule has 7 nitrogen and oxygen atoms in total. The molecule has 7 heteroatoms. The number of carboxylic acids is 1. The van der Waals surface area contributed by atoms with Crippen LogP contribution in [-0.2, 0) is 19.1 Å². The van der Waals surface area contributed by atoms with Gasteiger partial charge in [-0.1, -0.05) is 0 Å². The molecule has 1 fully saturated rings. The van der Waals surface area contributed by atoms with Crippen molar-refractivity contribution in [3.05, 3.63) is 0 Å². The van der Waals surface area contributed by atoms with E-state index in [9.17, 15) is 19.5 Å². The van der Waals surface area contributed by atoms with Crippen LogP contribution in [0.25, 0.3) is 0 Å². The summed E-state index contributed by atoms with van der Waals surface area (Å²) in [6.45, 7) is 10.3. The smallest absolute Gasteiger partial charge is 0.411 e. The Morgan fingerprint density at radius 2 is 1.50 bits per heavy atom. The second-order valence-electron chi connectivity index (χ2n) is 7.39. The van der Waals surface area contributed by atoms with Crippen LogP contribution in [0.2, 0.25) is 0 Å². The van der Waals surface area contributed by atoms with E-state index in [2.05, 4.69) is 0 Å². The summed E-state index contributed by atoms with van der Waals surface area (Å²) in [6.07, 6.45) is -0.509. The molecule has 2 atom stereocenters. The molecule has 126 valence electrons. The summed E-state index contributed by atoms with van der Waals surface area (Å²) in [5.41, 5.74) is -1.49. The quantitative estimate of drug-likeness (QED) is 0.784. The molecule has 22 heavy (non-hydrogen) atoms. The summed E-state index contributed by atoms with van der Waals surface area (Å²) in [6, 6.07) is -1.16. The van der Waals surface area contributed by atoms with Crippen molar-refractivity contribution in [1.29, 1.82) is 0 Å². The van der Waals surface area contributed by atoms with Crippen LogP contribution in [0.1, 0.15) is 48.0 Å². The summed E-state index contributed by atoms with van der Waals surface area (Å²) in [4.78, 5) is 37.0. The molecular formula is C15H25NO6. The van der Waals surface area contributed by atoms with Gasteiger partial charge >= 0.3 is 18.0 Å². The first-order valence-corrected chi connectivity index (χ1v) is 7.27. The van der Waals surface area contributed by atoms with Gasteiger partial charge in [0.15, 0.2) is 0 Å². The van der Waals surface area contributed by atoms with E-state index in [1.807, 2.05) is 0 Å². The molecule has 0 bridgehead atoms. The molecule has 0 aromatic rings. The standard InChI is InChI=1S/C15H25NO6/c1-14(2,3)21-12(19)10-9(11(17)18)7-8-16(10)13(20)22-15(4,5)6/h9-10H,7-8H2,1-6H3,(H,17,18). The lowest BCUT2D eigenvalue weighted by Crippen LogP contribution is -2.49. The molecule has 0 aromatic carbocycles. The van der Waals surface area contributed by atoms with E-state index in [0.29, 0.717) is 0 Å². The van der Waals surface area contributed by atoms with Gasteiger partial charge in [-0.15, -0.1) is 0 Å². The van der Waals surface area contributed by atoms with Crippen molar-refractivity contribution in [2.24, 2.45) is 5.92 Å². The number of carboxylic acid groups (broad SMARTS) is 1. The Bertz CT molecular complexity index is 460. The maximum absolute atomic E-state index is 12.3. The monoisotopic (exact) mass is 315 g/mol. The molecule has 0 spiro atoms. The maximum Gasteiger partial charge on any atom is 0.411 e. The second-order valence-corrected chi connectivity index (χ2v) is 7.39. The molecule has 0 aliphatic carbocycles. The number of carbonyl (C=O) groups excluding carboxylic acids is 2. The largest absolute Gasteiger partial charge is 0.481 e. The number of hydrogen-bond acceptors (Lipinski definition) is 5. The van der Waals surface area contributed by atoms with Crippen LogP contribution in [0, 0.1) is 5.92 Å². The predicted octanol–water partition coefficient (Wildman–Crippen LogP) is 2.04. The van der Waals surface area contributed by atoms with Gasteiger partial charge in [-0.3, -0.25) is 9.69 Å². The van der Waals surface area contributed by atoms with E-state index in [-0.39, 0.29) is 13.0 Å². The first-order valence-electron chi connectivity index (χ1n) is 7.27. The molecule has 1 heterocycles. The van der Waals surface area contributed by atoms with Crippen molar-refractivity contribution in [3.63, 3.8) is 0 Å². The SMILES string of the molecule is CC(C)(C)OC(=O)C1C(C(=O)O)CCN1C(=O)OC(C)(C)C. The molecule has 1 aliphatic heterocycles. The van der Waals surface area contributed by atoms with E-state index >= 15 is 0 Å². The fourth-order valence-corrected chi connectivity index (χ4v) is 2.23. The van der Waals surface area contributed by atoms with Crippen molar-refractivity contribution in [2.75, 3.05) is 6.54 Å². The van der Waals surface area contributed by atoms with Gasteiger partial charge in [0.1, 0.15) is 17.2 Å². The third kappa shape index (κ3) is 4.89. The number of nitrogens with zero attached hydrogens (tertiary/aromatic N) is 1. The Morgan fingerprint density at radius 3 is 1.91 bits per heavy atom. The van der Waals surface area contributed by atoms with Crippen LogP contribution in [-0.4, -0.2) is 51.8 Å². The first kappa shape index (κ1) is 18.3. The molecule has 0 saturated carbocycles. The average Bonchev–Trinajstić information content (AvgIpc) is 2.68. The number of hydrogen-bond donors (Lipinski definition) is 1. The van der Waals surface area contributed by atoms with Crippen LogP contribution in [0.5, 0.6) is 0 Å². The van der Waals surface area contributed by atoms with Crippen molar-refractivity contribution in [2.45, 2.75) is 65.2 Å². The third-order valence-electron chi connectivity index (χ3n) is 2.99. The average molecular weight is 315 g/mol. The number of amides is 1. The van der Waals surface area contributed by atoms with Crippen LogP contribution in [0.4, 0.5) is 4.79 Å². The molecular weight excluding hydrogens is 290 g/mol. The lowest BCUT2D eigenvalue weighted by molar-refractivity contribution is -0.165. The minimum Gasteiger partial charge on any atom is -0.481 e. The molecule has 1 aliphatic rings. The van der Waals surface area contributed by atoms with E-state index < -0.39 is 41.2 Å². The molecule has 1 rings (SSSR count). The summed E-state index contributed by atoms with van der Waals surface area (Å²) in [5, 5.41) is 9.28. The topological polar surface area (TPSA) is 93.1 Å². The Labute approximate surface area is 130 Å². The van der Waals surface area contributed by atoms with Gasteiger partial charge < -0.3 is 14.6 Å². The zero-order valence-corrected chi connectivity index (χ0v) is 14.0. The van der Waals surface area contributed by atoms with Crippen molar-refractivity contribution >= 4 is 18.0 Å². The summed E-state index contributed by atoms with van der Waals surface area (Å²) in [5.74, 6) is -2.83. The number of likely N-dealkylation sites (tertiary alicyclic amines) is 1. The molecule has 2 unspecified atom stereocenters. The van der Waals surface area contributed by atoms with Gasteiger partial charge in [-0.2, -0.15) is 0 Å². The third-order valence-corrected chi connectivity index (χ3v) is 2.99. The summed E-state index contributed by atoms with van der Waals surface area (Å²) < 4.78 is 10.5. The summed E-state index contributed by atoms with van der Waals surface area (Å²) >= 11 is 0.